The lowest BCUT2D eigenvalue weighted by Gasteiger charge is -2.35. The SMILES string of the molecule is CC(N)c1nnc(N2CC(CO)OCC2C)o1. The molecule has 0 aliphatic carbocycles. The zero-order valence-corrected chi connectivity index (χ0v) is 10.0. The lowest BCUT2D eigenvalue weighted by Crippen LogP contribution is -2.49. The van der Waals surface area contributed by atoms with Gasteiger partial charge in [0.1, 0.15) is 0 Å². The lowest BCUT2D eigenvalue weighted by atomic mass is 10.2. The second-order valence-corrected chi connectivity index (χ2v) is 4.35. The topological polar surface area (TPSA) is 97.6 Å². The Labute approximate surface area is 99.6 Å². The fourth-order valence-corrected chi connectivity index (χ4v) is 1.72. The quantitative estimate of drug-likeness (QED) is 0.749. The Bertz CT molecular complexity index is 368. The summed E-state index contributed by atoms with van der Waals surface area (Å²) in [7, 11) is 0. The third kappa shape index (κ3) is 2.56. The molecule has 0 spiro atoms. The maximum absolute atomic E-state index is 9.10. The van der Waals surface area contributed by atoms with Gasteiger partial charge in [0.15, 0.2) is 0 Å². The highest BCUT2D eigenvalue weighted by atomic mass is 16.5. The van der Waals surface area contributed by atoms with E-state index >= 15 is 0 Å². The zero-order valence-electron chi connectivity index (χ0n) is 10.0. The molecule has 1 aliphatic heterocycles. The Hall–Kier alpha value is -1.18. The first kappa shape index (κ1) is 12.3. The Morgan fingerprint density at radius 2 is 2.35 bits per heavy atom. The van der Waals surface area contributed by atoms with Crippen LogP contribution in [0.1, 0.15) is 25.8 Å². The summed E-state index contributed by atoms with van der Waals surface area (Å²) in [6.45, 7) is 4.84. The molecular weight excluding hydrogens is 224 g/mol. The van der Waals surface area contributed by atoms with Gasteiger partial charge < -0.3 is 24.9 Å². The molecule has 1 aromatic heterocycles. The van der Waals surface area contributed by atoms with Gasteiger partial charge in [-0.2, -0.15) is 0 Å². The van der Waals surface area contributed by atoms with E-state index in [9.17, 15) is 0 Å². The van der Waals surface area contributed by atoms with Gasteiger partial charge in [-0.15, -0.1) is 5.10 Å². The van der Waals surface area contributed by atoms with Crippen molar-refractivity contribution in [3.63, 3.8) is 0 Å². The molecule has 0 saturated carbocycles. The number of nitrogens with two attached hydrogens (primary N) is 1. The van der Waals surface area contributed by atoms with Gasteiger partial charge in [0.25, 0.3) is 0 Å². The van der Waals surface area contributed by atoms with Crippen molar-refractivity contribution in [3.8, 4) is 0 Å². The second kappa shape index (κ2) is 4.99. The van der Waals surface area contributed by atoms with Crippen molar-refractivity contribution in [3.05, 3.63) is 5.89 Å². The Morgan fingerprint density at radius 3 is 2.94 bits per heavy atom. The van der Waals surface area contributed by atoms with E-state index in [4.69, 9.17) is 20.0 Å². The van der Waals surface area contributed by atoms with Gasteiger partial charge in [-0.1, -0.05) is 5.10 Å². The standard InChI is InChI=1S/C10H18N4O3/c1-6-5-16-8(4-15)3-14(6)10-13-12-9(17-10)7(2)11/h6-8,15H,3-5,11H2,1-2H3. The summed E-state index contributed by atoms with van der Waals surface area (Å²) < 4.78 is 10.9. The van der Waals surface area contributed by atoms with Gasteiger partial charge in [-0.25, -0.2) is 0 Å². The summed E-state index contributed by atoms with van der Waals surface area (Å²) in [6.07, 6.45) is -0.211. The molecule has 7 heteroatoms. The van der Waals surface area contributed by atoms with Crippen molar-refractivity contribution in [2.75, 3.05) is 24.7 Å². The predicted molar refractivity (Wildman–Crippen MR) is 60.5 cm³/mol. The molecule has 1 aliphatic rings. The van der Waals surface area contributed by atoms with E-state index in [1.165, 1.54) is 0 Å². The highest BCUT2D eigenvalue weighted by Crippen LogP contribution is 2.21. The first-order chi connectivity index (χ1) is 8.11. The minimum absolute atomic E-state index is 0.0164. The van der Waals surface area contributed by atoms with E-state index in [-0.39, 0.29) is 24.8 Å². The number of aromatic nitrogens is 2. The van der Waals surface area contributed by atoms with Gasteiger partial charge in [0.2, 0.25) is 5.89 Å². The highest BCUT2D eigenvalue weighted by Gasteiger charge is 2.29. The molecule has 7 nitrogen and oxygen atoms in total. The number of morpholine rings is 1. The van der Waals surface area contributed by atoms with Crippen LogP contribution in [0.4, 0.5) is 6.01 Å². The first-order valence-corrected chi connectivity index (χ1v) is 5.70. The van der Waals surface area contributed by atoms with Crippen LogP contribution >= 0.6 is 0 Å². The summed E-state index contributed by atoms with van der Waals surface area (Å²) in [5.74, 6) is 0.416. The van der Waals surface area contributed by atoms with Gasteiger partial charge >= 0.3 is 6.01 Å². The van der Waals surface area contributed by atoms with E-state index in [1.54, 1.807) is 6.92 Å². The number of nitrogens with zero attached hydrogens (tertiary/aromatic N) is 3. The Morgan fingerprint density at radius 1 is 1.59 bits per heavy atom. The van der Waals surface area contributed by atoms with Crippen molar-refractivity contribution >= 4 is 6.01 Å². The van der Waals surface area contributed by atoms with Crippen LogP contribution in [-0.2, 0) is 4.74 Å². The average Bonchev–Trinajstić information content (AvgIpc) is 2.79. The number of hydrogen-bond acceptors (Lipinski definition) is 7. The van der Waals surface area contributed by atoms with Gasteiger partial charge in [-0.05, 0) is 13.8 Å². The molecule has 3 unspecified atom stereocenters. The van der Waals surface area contributed by atoms with Crippen molar-refractivity contribution in [1.82, 2.24) is 10.2 Å². The van der Waals surface area contributed by atoms with Gasteiger partial charge in [-0.3, -0.25) is 0 Å². The molecule has 1 aromatic rings. The minimum atomic E-state index is -0.277. The summed E-state index contributed by atoms with van der Waals surface area (Å²) in [5.41, 5.74) is 5.67. The summed E-state index contributed by atoms with van der Waals surface area (Å²) in [4.78, 5) is 1.93. The van der Waals surface area contributed by atoms with Crippen molar-refractivity contribution in [1.29, 1.82) is 0 Å². The molecule has 0 aromatic carbocycles. The normalized spacial score (nSPS) is 27.2. The van der Waals surface area contributed by atoms with Crippen molar-refractivity contribution in [2.45, 2.75) is 32.0 Å². The third-order valence-electron chi connectivity index (χ3n) is 2.77. The fourth-order valence-electron chi connectivity index (χ4n) is 1.72. The molecule has 1 fully saturated rings. The van der Waals surface area contributed by atoms with E-state index in [0.717, 1.165) is 0 Å². The van der Waals surface area contributed by atoms with E-state index < -0.39 is 0 Å². The maximum Gasteiger partial charge on any atom is 0.318 e. The van der Waals surface area contributed by atoms with Crippen LogP contribution in [-0.4, -0.2) is 47.2 Å². The molecule has 1 saturated heterocycles. The lowest BCUT2D eigenvalue weighted by molar-refractivity contribution is -0.0119. The van der Waals surface area contributed by atoms with Crippen molar-refractivity contribution in [2.24, 2.45) is 5.73 Å². The number of hydrogen-bond donors (Lipinski definition) is 2. The maximum atomic E-state index is 9.10. The van der Waals surface area contributed by atoms with Crippen LogP contribution in [0.3, 0.4) is 0 Å². The van der Waals surface area contributed by atoms with Crippen LogP contribution in [0.2, 0.25) is 0 Å². The average molecular weight is 242 g/mol. The molecular formula is C10H18N4O3. The van der Waals surface area contributed by atoms with Crippen LogP contribution in [0.5, 0.6) is 0 Å². The van der Waals surface area contributed by atoms with Gasteiger partial charge in [0.05, 0.1) is 37.9 Å². The van der Waals surface area contributed by atoms with E-state index in [0.29, 0.717) is 25.1 Å². The summed E-state index contributed by atoms with van der Waals surface area (Å²) >= 11 is 0. The highest BCUT2D eigenvalue weighted by molar-refractivity contribution is 5.27. The number of ether oxygens (including phenoxy) is 1. The third-order valence-corrected chi connectivity index (χ3v) is 2.77. The van der Waals surface area contributed by atoms with Crippen LogP contribution < -0.4 is 10.6 Å². The zero-order chi connectivity index (χ0) is 12.4. The monoisotopic (exact) mass is 242 g/mol. The minimum Gasteiger partial charge on any atom is -0.406 e. The largest absolute Gasteiger partial charge is 0.406 e. The van der Waals surface area contributed by atoms with Crippen LogP contribution in [0, 0.1) is 0 Å². The smallest absolute Gasteiger partial charge is 0.318 e. The number of anilines is 1. The second-order valence-electron chi connectivity index (χ2n) is 4.35. The Kier molecular flexibility index (Phi) is 3.60. The van der Waals surface area contributed by atoms with E-state index in [1.807, 2.05) is 11.8 Å². The predicted octanol–water partition coefficient (Wildman–Crippen LogP) is -0.325. The number of aliphatic hydroxyl groups is 1. The molecule has 0 amide bonds. The van der Waals surface area contributed by atoms with Crippen LogP contribution in [0.15, 0.2) is 4.42 Å². The fraction of sp³-hybridized carbons (Fsp3) is 0.800. The summed E-state index contributed by atoms with van der Waals surface area (Å²) in [6, 6.07) is 0.298. The molecule has 96 valence electrons. The molecule has 3 atom stereocenters. The summed E-state index contributed by atoms with van der Waals surface area (Å²) in [5, 5.41) is 17.0. The van der Waals surface area contributed by atoms with Crippen LogP contribution in [0.25, 0.3) is 0 Å². The Balaban J connectivity index is 2.13. The molecule has 0 bridgehead atoms. The number of aliphatic hydroxyl groups excluding tert-OH is 1. The number of rotatable bonds is 3. The molecule has 3 N–H and O–H groups in total. The molecule has 2 rings (SSSR count). The molecule has 2 heterocycles. The van der Waals surface area contributed by atoms with Crippen molar-refractivity contribution < 1.29 is 14.3 Å². The molecule has 0 radical (unpaired) electrons. The first-order valence-electron chi connectivity index (χ1n) is 5.70. The van der Waals surface area contributed by atoms with E-state index in [2.05, 4.69) is 10.2 Å². The van der Waals surface area contributed by atoms with Gasteiger partial charge in [0, 0.05) is 0 Å². The molecule has 17 heavy (non-hydrogen) atoms.